The van der Waals surface area contributed by atoms with E-state index in [1.54, 1.807) is 0 Å². The zero-order valence-corrected chi connectivity index (χ0v) is 29.0. The molecule has 18 unspecified atom stereocenters. The van der Waals surface area contributed by atoms with Crippen LogP contribution in [0.15, 0.2) is 0 Å². The summed E-state index contributed by atoms with van der Waals surface area (Å²) in [7, 11) is 0. The number of hydrogen-bond acceptors (Lipinski definition) is 12. The number of rotatable bonds is 3. The molecule has 0 aromatic rings. The molecule has 12 nitrogen and oxygen atoms in total. The fourth-order valence-electron chi connectivity index (χ4n) is 9.88. The molecular formula is C27H24Br3NbO12. The van der Waals surface area contributed by atoms with Gasteiger partial charge in [0.1, 0.15) is 18.3 Å². The number of carboxylic acids is 3. The van der Waals surface area contributed by atoms with E-state index in [0.717, 1.165) is 19.3 Å². The number of fused-ring (bicyclic) bond motifs is 3. The molecule has 6 bridgehead atoms. The summed E-state index contributed by atoms with van der Waals surface area (Å²) in [5.41, 5.74) is 0. The Bertz CT molecular complexity index is 1150. The minimum Gasteiger partial charge on any atom is -0.550 e. The minimum atomic E-state index is -1.11. The second-order valence-electron chi connectivity index (χ2n) is 12.8. The van der Waals surface area contributed by atoms with Gasteiger partial charge in [0.25, 0.3) is 0 Å². The van der Waals surface area contributed by atoms with Gasteiger partial charge in [-0.15, -0.1) is 0 Å². The maximum Gasteiger partial charge on any atom is 3.00 e. The van der Waals surface area contributed by atoms with Crippen molar-refractivity contribution in [2.45, 2.75) is 52.1 Å². The van der Waals surface area contributed by atoms with Gasteiger partial charge >= 0.3 is 40.3 Å². The summed E-state index contributed by atoms with van der Waals surface area (Å²) >= 11 is 10.2. The summed E-state index contributed by atoms with van der Waals surface area (Å²) in [4.78, 5) is 67.0. The van der Waals surface area contributed by atoms with Crippen molar-refractivity contribution in [3.63, 3.8) is 0 Å². The van der Waals surface area contributed by atoms with Crippen molar-refractivity contribution in [1.82, 2.24) is 0 Å². The van der Waals surface area contributed by atoms with Crippen molar-refractivity contribution in [3.05, 3.63) is 0 Å². The van der Waals surface area contributed by atoms with Gasteiger partial charge in [-0.25, -0.2) is 0 Å². The van der Waals surface area contributed by atoms with Crippen LogP contribution in [0.2, 0.25) is 0 Å². The Morgan fingerprint density at radius 1 is 0.512 bits per heavy atom. The van der Waals surface area contributed by atoms with E-state index < -0.39 is 53.4 Å². The Morgan fingerprint density at radius 2 is 0.744 bits per heavy atom. The van der Waals surface area contributed by atoms with Crippen LogP contribution in [0.4, 0.5) is 0 Å². The molecule has 0 aromatic heterocycles. The van der Waals surface area contributed by atoms with E-state index in [1.807, 2.05) is 0 Å². The smallest absolute Gasteiger partial charge is 0.550 e. The maximum atomic E-state index is 11.4. The maximum absolute atomic E-state index is 11.4. The van der Waals surface area contributed by atoms with Gasteiger partial charge < -0.3 is 43.9 Å². The van der Waals surface area contributed by atoms with E-state index in [1.165, 1.54) is 0 Å². The number of esters is 3. The standard InChI is InChI=1S/3C9H9BrO4.Nb/c3*10-6-2-1-3-5(4(2)8(11)12)9(13)14-7(3)6;/h3*2-7H,1H2,(H,11,12);/q;;;+3/p-3. The molecule has 9 aliphatic rings. The molecule has 3 heterocycles. The molecule has 6 saturated carbocycles. The molecule has 0 spiro atoms. The topological polar surface area (TPSA) is 199 Å². The SMILES string of the molecule is O=C([O-])C1C2CC3C(OC(=O)C31)C2Br.O=C([O-])C1C2CC3C(OC(=O)C31)C2Br.O=C([O-])C1C2CC3C(OC(=O)C31)C2Br.[Nb+3]. The van der Waals surface area contributed by atoms with Crippen LogP contribution in [0.25, 0.3) is 0 Å². The van der Waals surface area contributed by atoms with Crippen molar-refractivity contribution < 1.29 is 80.7 Å². The molecule has 18 atom stereocenters. The van der Waals surface area contributed by atoms with Gasteiger partial charge in [0.2, 0.25) is 0 Å². The van der Waals surface area contributed by atoms with Gasteiger partial charge in [-0.2, -0.15) is 0 Å². The Kier molecular flexibility index (Phi) is 8.22. The van der Waals surface area contributed by atoms with Crippen molar-refractivity contribution in [3.8, 4) is 0 Å². The summed E-state index contributed by atoms with van der Waals surface area (Å²) in [5, 5.41) is 32.8. The number of carboxylic acid groups (broad SMARTS) is 3. The van der Waals surface area contributed by atoms with Crippen LogP contribution in [-0.2, 0) is 65.4 Å². The number of halogens is 3. The molecule has 3 aliphatic heterocycles. The van der Waals surface area contributed by atoms with Gasteiger partial charge in [0.05, 0.1) is 32.2 Å². The number of ether oxygens (including phenoxy) is 3. The molecule has 0 amide bonds. The predicted octanol–water partition coefficient (Wildman–Crippen LogP) is -2.08. The average molecular weight is 873 g/mol. The Labute approximate surface area is 285 Å². The molecule has 9 fully saturated rings. The summed E-state index contributed by atoms with van der Waals surface area (Å²) in [6, 6.07) is 0. The van der Waals surface area contributed by atoms with Gasteiger partial charge in [0.15, 0.2) is 0 Å². The zero-order valence-electron chi connectivity index (χ0n) is 22.0. The van der Waals surface area contributed by atoms with Crippen LogP contribution in [0.1, 0.15) is 19.3 Å². The monoisotopic (exact) mass is 870 g/mol. The summed E-state index contributed by atoms with van der Waals surface area (Å²) in [5.74, 6) is -7.31. The molecule has 230 valence electrons. The van der Waals surface area contributed by atoms with Crippen LogP contribution in [0, 0.1) is 71.0 Å². The Balaban J connectivity index is 0.000000113. The van der Waals surface area contributed by atoms with E-state index in [0.29, 0.717) is 0 Å². The van der Waals surface area contributed by atoms with Crippen LogP contribution in [-0.4, -0.2) is 68.6 Å². The van der Waals surface area contributed by atoms with E-state index in [4.69, 9.17) is 14.2 Å². The first-order valence-corrected chi connectivity index (χ1v) is 16.7. The predicted molar refractivity (Wildman–Crippen MR) is 139 cm³/mol. The Hall–Kier alpha value is -1.000. The fraction of sp³-hybridized carbons (Fsp3) is 0.778. The van der Waals surface area contributed by atoms with E-state index >= 15 is 0 Å². The van der Waals surface area contributed by atoms with Crippen LogP contribution < -0.4 is 15.3 Å². The van der Waals surface area contributed by atoms with Crippen molar-refractivity contribution in [1.29, 1.82) is 0 Å². The normalized spacial score (nSPS) is 52.4. The largest absolute Gasteiger partial charge is 3.00 e. The number of aliphatic carboxylic acids is 3. The molecule has 3 saturated heterocycles. The van der Waals surface area contributed by atoms with E-state index in [-0.39, 0.29) is 109 Å². The van der Waals surface area contributed by atoms with Gasteiger partial charge in [-0.1, -0.05) is 47.8 Å². The quantitative estimate of drug-likeness (QED) is 0.130. The third-order valence-electron chi connectivity index (χ3n) is 11.4. The fourth-order valence-corrected chi connectivity index (χ4v) is 13.0. The second-order valence-corrected chi connectivity index (χ2v) is 16.0. The van der Waals surface area contributed by atoms with Gasteiger partial charge in [0, 0.05) is 53.4 Å². The minimum absolute atomic E-state index is 0. The number of carbonyl (C=O) groups is 6. The number of alkyl halides is 3. The molecule has 0 radical (unpaired) electrons. The first kappa shape index (κ1) is 32.0. The van der Waals surface area contributed by atoms with Gasteiger partial charge in [-0.3, -0.25) is 14.4 Å². The van der Waals surface area contributed by atoms with Crippen LogP contribution in [0.5, 0.6) is 0 Å². The first-order chi connectivity index (χ1) is 19.8. The molecule has 9 rings (SSSR count). The number of carbonyl (C=O) groups excluding carboxylic acids is 6. The third kappa shape index (κ3) is 4.40. The summed E-state index contributed by atoms with van der Waals surface area (Å²) in [6.07, 6.45) is 2.01. The molecule has 0 aromatic carbocycles. The molecule has 16 heteroatoms. The van der Waals surface area contributed by atoms with Crippen molar-refractivity contribution in [2.24, 2.45) is 71.0 Å². The average Bonchev–Trinajstić information content (AvgIpc) is 3.76. The number of hydrogen-bond donors (Lipinski definition) is 0. The Morgan fingerprint density at radius 3 is 0.953 bits per heavy atom. The van der Waals surface area contributed by atoms with Crippen LogP contribution in [0.3, 0.4) is 0 Å². The third-order valence-corrected chi connectivity index (χ3v) is 15.0. The van der Waals surface area contributed by atoms with Crippen LogP contribution >= 0.6 is 47.8 Å². The summed E-state index contributed by atoms with van der Waals surface area (Å²) < 4.78 is 15.5. The van der Waals surface area contributed by atoms with Crippen molar-refractivity contribution in [2.75, 3.05) is 0 Å². The van der Waals surface area contributed by atoms with E-state index in [9.17, 15) is 44.1 Å². The summed E-state index contributed by atoms with van der Waals surface area (Å²) in [6.45, 7) is 0. The zero-order chi connectivity index (χ0) is 30.1. The van der Waals surface area contributed by atoms with Crippen molar-refractivity contribution >= 4 is 83.6 Å². The second kappa shape index (κ2) is 11.1. The molecule has 0 N–H and O–H groups in total. The van der Waals surface area contributed by atoms with Gasteiger partial charge in [-0.05, 0) is 37.0 Å². The molecule has 43 heavy (non-hydrogen) atoms. The molecule has 6 aliphatic carbocycles. The van der Waals surface area contributed by atoms with E-state index in [2.05, 4.69) is 47.8 Å². The first-order valence-electron chi connectivity index (χ1n) is 14.0. The molecular weight excluding hydrogens is 849 g/mol.